The molecule has 1 aromatic carbocycles. The maximum absolute atomic E-state index is 11.4. The van der Waals surface area contributed by atoms with Gasteiger partial charge in [0.25, 0.3) is 0 Å². The molecule has 0 spiro atoms. The molecule has 0 amide bonds. The molecule has 0 saturated heterocycles. The Labute approximate surface area is 140 Å². The highest BCUT2D eigenvalue weighted by Crippen LogP contribution is 2.30. The van der Waals surface area contributed by atoms with Crippen molar-refractivity contribution in [2.45, 2.75) is 20.3 Å². The summed E-state index contributed by atoms with van der Waals surface area (Å²) in [5.74, 6) is -0.117. The summed E-state index contributed by atoms with van der Waals surface area (Å²) in [5, 5.41) is 18.1. The molecule has 0 saturated carbocycles. The smallest absolute Gasteiger partial charge is 0.357 e. The van der Waals surface area contributed by atoms with Gasteiger partial charge >= 0.3 is 5.97 Å². The molecule has 2 aromatic rings. The molecule has 0 radical (unpaired) electrons. The Hall–Kier alpha value is -3.01. The SMILES string of the molecule is COn1c(-c2ccccc2OCC(C)CC#N)nc(C)c1C(=O)O. The highest BCUT2D eigenvalue weighted by atomic mass is 16.6. The highest BCUT2D eigenvalue weighted by molar-refractivity contribution is 5.88. The standard InChI is InChI=1S/C17H19N3O4/c1-11(8-9-18)10-24-14-7-5-4-6-13(14)16-19-12(2)15(17(21)22)20(16)23-3/h4-7,11H,8,10H2,1-3H3,(H,21,22). The van der Waals surface area contributed by atoms with Gasteiger partial charge in [-0.25, -0.2) is 9.78 Å². The summed E-state index contributed by atoms with van der Waals surface area (Å²) >= 11 is 0. The molecule has 7 heteroatoms. The summed E-state index contributed by atoms with van der Waals surface area (Å²) in [4.78, 5) is 20.9. The van der Waals surface area contributed by atoms with Crippen molar-refractivity contribution in [3.63, 3.8) is 0 Å². The molecule has 0 aliphatic heterocycles. The van der Waals surface area contributed by atoms with E-state index in [1.165, 1.54) is 11.8 Å². The van der Waals surface area contributed by atoms with E-state index in [1.54, 1.807) is 19.1 Å². The minimum absolute atomic E-state index is 0.0276. The largest absolute Gasteiger partial charge is 0.493 e. The number of hydrogen-bond donors (Lipinski definition) is 1. The lowest BCUT2D eigenvalue weighted by molar-refractivity contribution is 0.0640. The maximum Gasteiger partial charge on any atom is 0.357 e. The van der Waals surface area contributed by atoms with Crippen molar-refractivity contribution in [3.05, 3.63) is 35.7 Å². The van der Waals surface area contributed by atoms with Gasteiger partial charge < -0.3 is 14.7 Å². The molecule has 126 valence electrons. The number of benzene rings is 1. The summed E-state index contributed by atoms with van der Waals surface area (Å²) in [6, 6.07) is 9.30. The second-order valence-corrected chi connectivity index (χ2v) is 5.43. The number of aromatic nitrogens is 2. The van der Waals surface area contributed by atoms with Crippen LogP contribution in [0.5, 0.6) is 5.75 Å². The predicted molar refractivity (Wildman–Crippen MR) is 86.8 cm³/mol. The number of aryl methyl sites for hydroxylation is 1. The third kappa shape index (κ3) is 3.49. The quantitative estimate of drug-likeness (QED) is 0.838. The van der Waals surface area contributed by atoms with E-state index in [0.717, 1.165) is 0 Å². The Balaban J connectivity index is 2.42. The minimum Gasteiger partial charge on any atom is -0.493 e. The molecule has 0 fully saturated rings. The van der Waals surface area contributed by atoms with E-state index in [2.05, 4.69) is 11.1 Å². The zero-order valence-corrected chi connectivity index (χ0v) is 13.8. The van der Waals surface area contributed by atoms with Crippen molar-refractivity contribution < 1.29 is 19.5 Å². The molecule has 1 N–H and O–H groups in total. The van der Waals surface area contributed by atoms with Crippen molar-refractivity contribution in [2.75, 3.05) is 13.7 Å². The second-order valence-electron chi connectivity index (χ2n) is 5.43. The highest BCUT2D eigenvalue weighted by Gasteiger charge is 2.23. The fraction of sp³-hybridized carbons (Fsp3) is 0.353. The third-order valence-electron chi connectivity index (χ3n) is 3.49. The van der Waals surface area contributed by atoms with Crippen LogP contribution in [0.2, 0.25) is 0 Å². The van der Waals surface area contributed by atoms with Crippen LogP contribution in [0.15, 0.2) is 24.3 Å². The topological polar surface area (TPSA) is 97.4 Å². The monoisotopic (exact) mass is 329 g/mol. The molecule has 1 atom stereocenters. The Kier molecular flexibility index (Phi) is 5.42. The molecule has 0 aliphatic rings. The van der Waals surface area contributed by atoms with Crippen LogP contribution in [0.25, 0.3) is 11.4 Å². The molecule has 0 bridgehead atoms. The molecule has 24 heavy (non-hydrogen) atoms. The van der Waals surface area contributed by atoms with E-state index in [0.29, 0.717) is 35.9 Å². The van der Waals surface area contributed by atoms with Gasteiger partial charge in [0, 0.05) is 12.3 Å². The maximum atomic E-state index is 11.4. The van der Waals surface area contributed by atoms with Crippen LogP contribution in [0.1, 0.15) is 29.5 Å². The lowest BCUT2D eigenvalue weighted by Gasteiger charge is -2.14. The lowest BCUT2D eigenvalue weighted by Crippen LogP contribution is -2.16. The van der Waals surface area contributed by atoms with Gasteiger partial charge in [0.05, 0.1) is 23.9 Å². The van der Waals surface area contributed by atoms with Crippen LogP contribution in [-0.2, 0) is 0 Å². The first-order chi connectivity index (χ1) is 11.5. The van der Waals surface area contributed by atoms with Gasteiger partial charge in [-0.1, -0.05) is 19.1 Å². The Bertz CT molecular complexity index is 777. The van der Waals surface area contributed by atoms with Crippen molar-refractivity contribution in [1.29, 1.82) is 5.26 Å². The molecular weight excluding hydrogens is 310 g/mol. The number of imidazole rings is 1. The molecule has 2 rings (SSSR count). The van der Waals surface area contributed by atoms with Crippen LogP contribution >= 0.6 is 0 Å². The van der Waals surface area contributed by atoms with Crippen LogP contribution in [-0.4, -0.2) is 34.5 Å². The fourth-order valence-corrected chi connectivity index (χ4v) is 2.32. The average molecular weight is 329 g/mol. The number of hydrogen-bond acceptors (Lipinski definition) is 5. The summed E-state index contributed by atoms with van der Waals surface area (Å²) in [6.07, 6.45) is 0.400. The number of nitriles is 1. The normalized spacial score (nSPS) is 11.6. The van der Waals surface area contributed by atoms with E-state index < -0.39 is 5.97 Å². The van der Waals surface area contributed by atoms with Gasteiger partial charge in [-0.2, -0.15) is 9.99 Å². The molecule has 0 aliphatic carbocycles. The zero-order valence-electron chi connectivity index (χ0n) is 13.8. The molecule has 1 unspecified atom stereocenters. The van der Waals surface area contributed by atoms with Crippen molar-refractivity contribution in [1.82, 2.24) is 9.71 Å². The molecule has 1 aromatic heterocycles. The van der Waals surface area contributed by atoms with E-state index in [4.69, 9.17) is 14.8 Å². The molecular formula is C17H19N3O4. The number of nitrogens with zero attached hydrogens (tertiary/aromatic N) is 3. The van der Waals surface area contributed by atoms with Crippen LogP contribution in [0, 0.1) is 24.2 Å². The van der Waals surface area contributed by atoms with Gasteiger partial charge in [0.1, 0.15) is 12.9 Å². The first kappa shape index (κ1) is 17.3. The summed E-state index contributed by atoms with van der Waals surface area (Å²) in [5.41, 5.74) is 0.950. The predicted octanol–water partition coefficient (Wildman–Crippen LogP) is 2.54. The van der Waals surface area contributed by atoms with Gasteiger partial charge in [0.2, 0.25) is 0 Å². The summed E-state index contributed by atoms with van der Waals surface area (Å²) in [7, 11) is 1.38. The van der Waals surface area contributed by atoms with Gasteiger partial charge in [-0.3, -0.25) is 0 Å². The number of carboxylic acids is 1. The van der Waals surface area contributed by atoms with Crippen LogP contribution in [0.3, 0.4) is 0 Å². The number of rotatable bonds is 7. The van der Waals surface area contributed by atoms with Gasteiger partial charge in [-0.05, 0) is 19.1 Å². The Morgan fingerprint density at radius 1 is 1.46 bits per heavy atom. The van der Waals surface area contributed by atoms with Gasteiger partial charge in [-0.15, -0.1) is 0 Å². The van der Waals surface area contributed by atoms with Crippen molar-refractivity contribution in [3.8, 4) is 23.2 Å². The fourth-order valence-electron chi connectivity index (χ4n) is 2.32. The van der Waals surface area contributed by atoms with Crippen molar-refractivity contribution in [2.24, 2.45) is 5.92 Å². The van der Waals surface area contributed by atoms with E-state index in [9.17, 15) is 9.90 Å². The van der Waals surface area contributed by atoms with Gasteiger partial charge in [0.15, 0.2) is 11.5 Å². The van der Waals surface area contributed by atoms with E-state index in [1.807, 2.05) is 19.1 Å². The third-order valence-corrected chi connectivity index (χ3v) is 3.49. The van der Waals surface area contributed by atoms with Crippen LogP contribution < -0.4 is 9.57 Å². The number of ether oxygens (including phenoxy) is 1. The summed E-state index contributed by atoms with van der Waals surface area (Å²) in [6.45, 7) is 3.92. The first-order valence-corrected chi connectivity index (χ1v) is 7.45. The number of carboxylic acid groups (broad SMARTS) is 1. The first-order valence-electron chi connectivity index (χ1n) is 7.45. The molecule has 7 nitrogen and oxygen atoms in total. The Morgan fingerprint density at radius 2 is 2.17 bits per heavy atom. The average Bonchev–Trinajstić information content (AvgIpc) is 2.90. The van der Waals surface area contributed by atoms with Crippen LogP contribution in [0.4, 0.5) is 0 Å². The van der Waals surface area contributed by atoms with E-state index >= 15 is 0 Å². The second kappa shape index (κ2) is 7.51. The summed E-state index contributed by atoms with van der Waals surface area (Å²) < 4.78 is 6.99. The number of para-hydroxylation sites is 1. The number of aromatic carboxylic acids is 1. The minimum atomic E-state index is -1.12. The zero-order chi connectivity index (χ0) is 17.7. The Morgan fingerprint density at radius 3 is 2.79 bits per heavy atom. The molecule has 1 heterocycles. The lowest BCUT2D eigenvalue weighted by atomic mass is 10.1. The number of carbonyl (C=O) groups is 1. The van der Waals surface area contributed by atoms with Crippen molar-refractivity contribution >= 4 is 5.97 Å². The van der Waals surface area contributed by atoms with E-state index in [-0.39, 0.29) is 11.6 Å².